The van der Waals surface area contributed by atoms with Crippen LogP contribution in [0.25, 0.3) is 5.69 Å². The molecule has 4 nitrogen and oxygen atoms in total. The van der Waals surface area contributed by atoms with Gasteiger partial charge in [0.25, 0.3) is 0 Å². The lowest BCUT2D eigenvalue weighted by atomic mass is 9.85. The van der Waals surface area contributed by atoms with Crippen LogP contribution in [0.3, 0.4) is 0 Å². The Morgan fingerprint density at radius 2 is 1.69 bits per heavy atom. The predicted molar refractivity (Wildman–Crippen MR) is 102 cm³/mol. The lowest BCUT2D eigenvalue weighted by Gasteiger charge is -2.23. The summed E-state index contributed by atoms with van der Waals surface area (Å²) in [6.07, 6.45) is 0. The number of hydrogen-bond acceptors (Lipinski definition) is 3. The first kappa shape index (κ1) is 17.9. The van der Waals surface area contributed by atoms with Gasteiger partial charge >= 0.3 is 5.97 Å². The first-order chi connectivity index (χ1) is 12.4. The summed E-state index contributed by atoms with van der Waals surface area (Å²) in [4.78, 5) is 12.5. The van der Waals surface area contributed by atoms with Crippen LogP contribution in [-0.4, -0.2) is 15.7 Å². The molecule has 2 aromatic carbocycles. The van der Waals surface area contributed by atoms with Gasteiger partial charge in [-0.15, -0.1) is 0 Å². The van der Waals surface area contributed by atoms with Gasteiger partial charge < -0.3 is 4.74 Å². The first-order valence-electron chi connectivity index (χ1n) is 8.73. The van der Waals surface area contributed by atoms with Gasteiger partial charge in [0.15, 0.2) is 0 Å². The van der Waals surface area contributed by atoms with E-state index in [1.54, 1.807) is 0 Å². The average Bonchev–Trinajstić information content (AvgIpc) is 2.99. The normalized spacial score (nSPS) is 11.4. The van der Waals surface area contributed by atoms with Gasteiger partial charge in [-0.2, -0.15) is 5.10 Å². The Bertz CT molecular complexity index is 894. The molecule has 3 rings (SSSR count). The second kappa shape index (κ2) is 7.16. The van der Waals surface area contributed by atoms with E-state index in [0.29, 0.717) is 0 Å². The monoisotopic (exact) mass is 348 g/mol. The molecule has 1 aromatic heterocycles. The van der Waals surface area contributed by atoms with E-state index < -0.39 is 5.41 Å². The van der Waals surface area contributed by atoms with Crippen LogP contribution in [0.15, 0.2) is 60.7 Å². The summed E-state index contributed by atoms with van der Waals surface area (Å²) in [5, 5.41) is 4.48. The highest BCUT2D eigenvalue weighted by Crippen LogP contribution is 2.25. The SMILES string of the molecule is Cc1cc(C)n(-c2ccc(COC(=O)C(C)(C)c3ccccc3)cc2)n1. The molecule has 0 amide bonds. The molecule has 0 N–H and O–H groups in total. The van der Waals surface area contributed by atoms with E-state index in [4.69, 9.17) is 4.74 Å². The van der Waals surface area contributed by atoms with Crippen molar-refractivity contribution in [2.24, 2.45) is 0 Å². The van der Waals surface area contributed by atoms with Crippen LogP contribution < -0.4 is 0 Å². The molecule has 0 aliphatic carbocycles. The van der Waals surface area contributed by atoms with Crippen molar-refractivity contribution in [1.29, 1.82) is 0 Å². The average molecular weight is 348 g/mol. The molecule has 0 aliphatic heterocycles. The molecule has 0 aliphatic rings. The van der Waals surface area contributed by atoms with E-state index in [1.807, 2.05) is 93.0 Å². The summed E-state index contributed by atoms with van der Waals surface area (Å²) >= 11 is 0. The molecule has 0 saturated carbocycles. The molecule has 0 fully saturated rings. The van der Waals surface area contributed by atoms with E-state index >= 15 is 0 Å². The molecule has 26 heavy (non-hydrogen) atoms. The smallest absolute Gasteiger partial charge is 0.316 e. The number of rotatable bonds is 5. The minimum atomic E-state index is -0.676. The standard InChI is InChI=1S/C22H24N2O2/c1-16-14-17(2)24(23-16)20-12-10-18(11-13-20)15-26-21(25)22(3,4)19-8-6-5-7-9-19/h5-14H,15H2,1-4H3. The molecular formula is C22H24N2O2. The van der Waals surface area contributed by atoms with Gasteiger partial charge in [-0.3, -0.25) is 4.79 Å². The van der Waals surface area contributed by atoms with Gasteiger partial charge in [-0.1, -0.05) is 42.5 Å². The fourth-order valence-electron chi connectivity index (χ4n) is 2.93. The molecule has 0 radical (unpaired) electrons. The van der Waals surface area contributed by atoms with Crippen LogP contribution in [0.4, 0.5) is 0 Å². The Labute approximate surface area is 154 Å². The molecule has 0 saturated heterocycles. The minimum absolute atomic E-state index is 0.230. The van der Waals surface area contributed by atoms with Crippen molar-refractivity contribution in [2.75, 3.05) is 0 Å². The number of aryl methyl sites for hydroxylation is 2. The number of carbonyl (C=O) groups excluding carboxylic acids is 1. The minimum Gasteiger partial charge on any atom is -0.460 e. The molecule has 1 heterocycles. The number of esters is 1. The molecule has 4 heteroatoms. The summed E-state index contributed by atoms with van der Waals surface area (Å²) in [5.41, 5.74) is 4.30. The van der Waals surface area contributed by atoms with Crippen LogP contribution in [0.5, 0.6) is 0 Å². The molecular weight excluding hydrogens is 324 g/mol. The quantitative estimate of drug-likeness (QED) is 0.637. The van der Waals surface area contributed by atoms with Gasteiger partial charge in [-0.25, -0.2) is 4.68 Å². The van der Waals surface area contributed by atoms with Gasteiger partial charge in [0.1, 0.15) is 6.61 Å². The van der Waals surface area contributed by atoms with Crippen LogP contribution in [0.2, 0.25) is 0 Å². The topological polar surface area (TPSA) is 44.1 Å². The Kier molecular flexibility index (Phi) is 4.94. The van der Waals surface area contributed by atoms with E-state index in [-0.39, 0.29) is 12.6 Å². The summed E-state index contributed by atoms with van der Waals surface area (Å²) in [6.45, 7) is 8.03. The van der Waals surface area contributed by atoms with Crippen molar-refractivity contribution in [2.45, 2.75) is 39.7 Å². The van der Waals surface area contributed by atoms with Crippen molar-refractivity contribution >= 4 is 5.97 Å². The van der Waals surface area contributed by atoms with E-state index in [0.717, 1.165) is 28.2 Å². The van der Waals surface area contributed by atoms with E-state index in [1.165, 1.54) is 0 Å². The van der Waals surface area contributed by atoms with Gasteiger partial charge in [0.05, 0.1) is 16.8 Å². The predicted octanol–water partition coefficient (Wildman–Crippen LogP) is 4.51. The molecule has 0 unspecified atom stereocenters. The highest BCUT2D eigenvalue weighted by Gasteiger charge is 2.31. The zero-order valence-corrected chi connectivity index (χ0v) is 15.7. The fourth-order valence-corrected chi connectivity index (χ4v) is 2.93. The summed E-state index contributed by atoms with van der Waals surface area (Å²) in [7, 11) is 0. The molecule has 0 spiro atoms. The Morgan fingerprint density at radius 1 is 1.04 bits per heavy atom. The van der Waals surface area contributed by atoms with Crippen molar-refractivity contribution in [1.82, 2.24) is 9.78 Å². The number of carbonyl (C=O) groups is 1. The maximum atomic E-state index is 12.5. The highest BCUT2D eigenvalue weighted by molar-refractivity contribution is 5.82. The van der Waals surface area contributed by atoms with Gasteiger partial charge in [-0.05, 0) is 57.0 Å². The number of nitrogens with zero attached hydrogens (tertiary/aromatic N) is 2. The van der Waals surface area contributed by atoms with Crippen molar-refractivity contribution < 1.29 is 9.53 Å². The number of hydrogen-bond donors (Lipinski definition) is 0. The summed E-state index contributed by atoms with van der Waals surface area (Å²) in [6, 6.07) is 19.7. The Morgan fingerprint density at radius 3 is 2.27 bits per heavy atom. The van der Waals surface area contributed by atoms with Crippen LogP contribution in [0.1, 0.15) is 36.4 Å². The third-order valence-corrected chi connectivity index (χ3v) is 4.57. The van der Waals surface area contributed by atoms with Crippen LogP contribution in [0, 0.1) is 13.8 Å². The summed E-state index contributed by atoms with van der Waals surface area (Å²) < 4.78 is 7.47. The fraction of sp³-hybridized carbons (Fsp3) is 0.273. The third kappa shape index (κ3) is 3.69. The summed E-state index contributed by atoms with van der Waals surface area (Å²) in [5.74, 6) is -0.230. The van der Waals surface area contributed by atoms with Gasteiger partial charge in [0, 0.05) is 5.69 Å². The van der Waals surface area contributed by atoms with Crippen molar-refractivity contribution in [3.63, 3.8) is 0 Å². The Balaban J connectivity index is 1.66. The van der Waals surface area contributed by atoms with Crippen molar-refractivity contribution in [3.8, 4) is 5.69 Å². The number of ether oxygens (including phenoxy) is 1. The molecule has 0 bridgehead atoms. The third-order valence-electron chi connectivity index (χ3n) is 4.57. The Hall–Kier alpha value is -2.88. The second-order valence-electron chi connectivity index (χ2n) is 7.07. The molecule has 0 atom stereocenters. The lowest BCUT2D eigenvalue weighted by Crippen LogP contribution is -2.30. The zero-order chi connectivity index (χ0) is 18.7. The van der Waals surface area contributed by atoms with E-state index in [2.05, 4.69) is 5.10 Å². The van der Waals surface area contributed by atoms with Crippen LogP contribution in [-0.2, 0) is 21.6 Å². The first-order valence-corrected chi connectivity index (χ1v) is 8.73. The largest absolute Gasteiger partial charge is 0.460 e. The number of benzene rings is 2. The molecule has 134 valence electrons. The highest BCUT2D eigenvalue weighted by atomic mass is 16.5. The van der Waals surface area contributed by atoms with Gasteiger partial charge in [0.2, 0.25) is 0 Å². The molecule has 3 aromatic rings. The second-order valence-corrected chi connectivity index (χ2v) is 7.07. The lowest BCUT2D eigenvalue weighted by molar-refractivity contribution is -0.150. The van der Waals surface area contributed by atoms with Crippen molar-refractivity contribution in [3.05, 3.63) is 83.2 Å². The zero-order valence-electron chi connectivity index (χ0n) is 15.7. The van der Waals surface area contributed by atoms with E-state index in [9.17, 15) is 4.79 Å². The maximum absolute atomic E-state index is 12.5. The maximum Gasteiger partial charge on any atom is 0.316 e. The number of aromatic nitrogens is 2. The van der Waals surface area contributed by atoms with Crippen LogP contribution >= 0.6 is 0 Å².